The number of nitrogens with two attached hydrogens (primary N) is 1. The third kappa shape index (κ3) is 3.31. The van der Waals surface area contributed by atoms with Crippen molar-refractivity contribution in [1.29, 1.82) is 0 Å². The van der Waals surface area contributed by atoms with E-state index in [1.54, 1.807) is 16.2 Å². The van der Waals surface area contributed by atoms with Gasteiger partial charge in [0.1, 0.15) is 5.69 Å². The number of aromatic nitrogens is 2. The number of carbonyl (C=O) groups is 1. The molecule has 20 heavy (non-hydrogen) atoms. The highest BCUT2D eigenvalue weighted by Gasteiger charge is 2.21. The molecule has 0 unspecified atom stereocenters. The lowest BCUT2D eigenvalue weighted by atomic mass is 10.2. The quantitative estimate of drug-likeness (QED) is 0.649. The molecule has 2 aromatic rings. The van der Waals surface area contributed by atoms with Gasteiger partial charge >= 0.3 is 0 Å². The second-order valence-electron chi connectivity index (χ2n) is 4.54. The lowest BCUT2D eigenvalue weighted by Gasteiger charge is -2.25. The van der Waals surface area contributed by atoms with Crippen LogP contribution in [-0.2, 0) is 6.54 Å². The number of nitrogens with one attached hydrogen (secondary N) is 1. The molecule has 2 rings (SSSR count). The Balaban J connectivity index is 2.22. The van der Waals surface area contributed by atoms with E-state index in [1.165, 1.54) is 12.4 Å². The van der Waals surface area contributed by atoms with Gasteiger partial charge in [0.15, 0.2) is 5.82 Å². The van der Waals surface area contributed by atoms with Crippen LogP contribution in [0.5, 0.6) is 0 Å². The van der Waals surface area contributed by atoms with Gasteiger partial charge in [-0.05, 0) is 25.3 Å². The maximum Gasteiger partial charge on any atom is 0.274 e. The third-order valence-corrected chi connectivity index (χ3v) is 3.65. The molecule has 6 nitrogen and oxygen atoms in total. The van der Waals surface area contributed by atoms with Crippen molar-refractivity contribution < 1.29 is 4.79 Å². The standard InChI is InChI=1S/C13H17N5OS/c1-9(2)18(8-10-4-3-5-20-10)13(19)11-6-15-7-12(16-11)17-14/h3-7,9H,8,14H2,1-2H3,(H,16,17). The van der Waals surface area contributed by atoms with Gasteiger partial charge in [0.2, 0.25) is 0 Å². The maximum atomic E-state index is 12.5. The minimum Gasteiger partial charge on any atom is -0.330 e. The third-order valence-electron chi connectivity index (χ3n) is 2.79. The first-order valence-corrected chi connectivity index (χ1v) is 7.11. The van der Waals surface area contributed by atoms with Crippen molar-refractivity contribution in [1.82, 2.24) is 14.9 Å². The van der Waals surface area contributed by atoms with E-state index in [0.717, 1.165) is 4.88 Å². The number of anilines is 1. The molecular weight excluding hydrogens is 274 g/mol. The Kier molecular flexibility index (Phi) is 4.65. The van der Waals surface area contributed by atoms with Crippen molar-refractivity contribution in [2.24, 2.45) is 5.84 Å². The Hall–Kier alpha value is -1.99. The number of hydrazine groups is 1. The van der Waals surface area contributed by atoms with Crippen LogP contribution in [0.2, 0.25) is 0 Å². The lowest BCUT2D eigenvalue weighted by Crippen LogP contribution is -2.36. The van der Waals surface area contributed by atoms with E-state index in [9.17, 15) is 4.79 Å². The summed E-state index contributed by atoms with van der Waals surface area (Å²) in [6.45, 7) is 4.52. The van der Waals surface area contributed by atoms with E-state index in [2.05, 4.69) is 15.4 Å². The molecule has 0 bridgehead atoms. The summed E-state index contributed by atoms with van der Waals surface area (Å²) < 4.78 is 0. The van der Waals surface area contributed by atoms with E-state index in [0.29, 0.717) is 12.4 Å². The normalized spacial score (nSPS) is 10.6. The summed E-state index contributed by atoms with van der Waals surface area (Å²) in [5.74, 6) is 5.51. The van der Waals surface area contributed by atoms with Crippen molar-refractivity contribution in [3.8, 4) is 0 Å². The number of carbonyl (C=O) groups excluding carboxylic acids is 1. The Labute approximate surface area is 121 Å². The Morgan fingerprint density at radius 2 is 2.30 bits per heavy atom. The molecule has 0 radical (unpaired) electrons. The van der Waals surface area contributed by atoms with Crippen LogP contribution in [0.3, 0.4) is 0 Å². The van der Waals surface area contributed by atoms with Gasteiger partial charge in [-0.15, -0.1) is 11.3 Å². The smallest absolute Gasteiger partial charge is 0.274 e. The first-order valence-electron chi connectivity index (χ1n) is 6.24. The molecule has 106 valence electrons. The number of hydrogen-bond donors (Lipinski definition) is 2. The van der Waals surface area contributed by atoms with Gasteiger partial charge < -0.3 is 10.3 Å². The van der Waals surface area contributed by atoms with Crippen LogP contribution in [-0.4, -0.2) is 26.8 Å². The second kappa shape index (κ2) is 6.44. The van der Waals surface area contributed by atoms with Gasteiger partial charge in [-0.2, -0.15) is 0 Å². The summed E-state index contributed by atoms with van der Waals surface area (Å²) in [7, 11) is 0. The topological polar surface area (TPSA) is 84.1 Å². The van der Waals surface area contributed by atoms with Crippen LogP contribution in [0.25, 0.3) is 0 Å². The summed E-state index contributed by atoms with van der Waals surface area (Å²) in [5, 5.41) is 2.00. The van der Waals surface area contributed by atoms with Crippen molar-refractivity contribution >= 4 is 23.1 Å². The monoisotopic (exact) mass is 291 g/mol. The van der Waals surface area contributed by atoms with E-state index in [-0.39, 0.29) is 17.6 Å². The molecule has 2 aromatic heterocycles. The van der Waals surface area contributed by atoms with Crippen molar-refractivity contribution in [3.63, 3.8) is 0 Å². The van der Waals surface area contributed by atoms with E-state index in [1.807, 2.05) is 31.4 Å². The van der Waals surface area contributed by atoms with Gasteiger partial charge in [-0.25, -0.2) is 10.8 Å². The summed E-state index contributed by atoms with van der Waals surface area (Å²) in [6, 6.07) is 4.06. The molecule has 7 heteroatoms. The highest BCUT2D eigenvalue weighted by atomic mass is 32.1. The Bertz CT molecular complexity index is 570. The largest absolute Gasteiger partial charge is 0.330 e. The van der Waals surface area contributed by atoms with Crippen LogP contribution < -0.4 is 11.3 Å². The molecule has 0 fully saturated rings. The van der Waals surface area contributed by atoms with Crippen LogP contribution in [0.4, 0.5) is 5.82 Å². The average molecular weight is 291 g/mol. The van der Waals surface area contributed by atoms with Crippen LogP contribution in [0.15, 0.2) is 29.9 Å². The van der Waals surface area contributed by atoms with Gasteiger partial charge in [0.25, 0.3) is 5.91 Å². The molecule has 0 aliphatic heterocycles. The fourth-order valence-electron chi connectivity index (χ4n) is 1.75. The number of amides is 1. The van der Waals surface area contributed by atoms with Crippen molar-refractivity contribution in [2.75, 3.05) is 5.43 Å². The summed E-state index contributed by atoms with van der Waals surface area (Å²) in [4.78, 5) is 23.5. The van der Waals surface area contributed by atoms with Crippen molar-refractivity contribution in [3.05, 3.63) is 40.5 Å². The van der Waals surface area contributed by atoms with Crippen molar-refractivity contribution in [2.45, 2.75) is 26.4 Å². The minimum atomic E-state index is -0.155. The highest BCUT2D eigenvalue weighted by Crippen LogP contribution is 2.16. The molecule has 0 atom stereocenters. The van der Waals surface area contributed by atoms with Gasteiger partial charge in [-0.1, -0.05) is 6.07 Å². The minimum absolute atomic E-state index is 0.0703. The Morgan fingerprint density at radius 3 is 2.90 bits per heavy atom. The number of rotatable bonds is 5. The number of nitrogens with zero attached hydrogens (tertiary/aromatic N) is 3. The fourth-order valence-corrected chi connectivity index (χ4v) is 2.45. The molecule has 2 heterocycles. The number of nitrogen functional groups attached to an aromatic ring is 1. The van der Waals surface area contributed by atoms with E-state index >= 15 is 0 Å². The Morgan fingerprint density at radius 1 is 1.50 bits per heavy atom. The lowest BCUT2D eigenvalue weighted by molar-refractivity contribution is 0.0686. The van der Waals surface area contributed by atoms with Crippen LogP contribution in [0, 0.1) is 0 Å². The molecule has 0 saturated heterocycles. The predicted octanol–water partition coefficient (Wildman–Crippen LogP) is 1.87. The molecular formula is C13H17N5OS. The molecule has 0 aliphatic rings. The zero-order valence-electron chi connectivity index (χ0n) is 11.4. The first kappa shape index (κ1) is 14.4. The van der Waals surface area contributed by atoms with Crippen LogP contribution in [0.1, 0.15) is 29.2 Å². The first-order chi connectivity index (χ1) is 9.61. The number of hydrogen-bond acceptors (Lipinski definition) is 6. The molecule has 3 N–H and O–H groups in total. The molecule has 0 aliphatic carbocycles. The van der Waals surface area contributed by atoms with E-state index < -0.39 is 0 Å². The fraction of sp³-hybridized carbons (Fsp3) is 0.308. The van der Waals surface area contributed by atoms with Gasteiger partial charge in [0, 0.05) is 10.9 Å². The SMILES string of the molecule is CC(C)N(Cc1cccs1)C(=O)c1cncc(NN)n1. The highest BCUT2D eigenvalue weighted by molar-refractivity contribution is 7.09. The molecule has 0 aromatic carbocycles. The molecule has 0 saturated carbocycles. The zero-order chi connectivity index (χ0) is 14.5. The average Bonchev–Trinajstić information content (AvgIpc) is 2.97. The summed E-state index contributed by atoms with van der Waals surface area (Å²) >= 11 is 1.63. The van der Waals surface area contributed by atoms with E-state index in [4.69, 9.17) is 5.84 Å². The second-order valence-corrected chi connectivity index (χ2v) is 5.57. The molecule has 1 amide bonds. The van der Waals surface area contributed by atoms with Crippen LogP contribution >= 0.6 is 11.3 Å². The summed E-state index contributed by atoms with van der Waals surface area (Å²) in [5.41, 5.74) is 2.68. The summed E-state index contributed by atoms with van der Waals surface area (Å²) in [6.07, 6.45) is 2.92. The molecule has 0 spiro atoms. The predicted molar refractivity (Wildman–Crippen MR) is 79.2 cm³/mol. The number of thiophene rings is 1. The zero-order valence-corrected chi connectivity index (χ0v) is 12.2. The maximum absolute atomic E-state index is 12.5. The van der Waals surface area contributed by atoms with Gasteiger partial charge in [0.05, 0.1) is 18.9 Å². The van der Waals surface area contributed by atoms with Gasteiger partial charge in [-0.3, -0.25) is 9.78 Å².